The number of amides is 4. The summed E-state index contributed by atoms with van der Waals surface area (Å²) >= 11 is 0. The van der Waals surface area contributed by atoms with E-state index in [1.807, 2.05) is 78.9 Å². The molecule has 11 heteroatoms. The average Bonchev–Trinajstić information content (AvgIpc) is 3.79. The Kier molecular flexibility index (Phi) is 6.91. The summed E-state index contributed by atoms with van der Waals surface area (Å²) in [6.07, 6.45) is 0.574. The fourth-order valence-electron chi connectivity index (χ4n) is 7.09. The lowest BCUT2D eigenvalue weighted by molar-refractivity contribution is -0.159. The SMILES string of the molecule is CN1C(=O)C(=O)N2C(=C[C@]3(c4cn(C(=O)OCc5ccccc5)c5ccccc45)c4ccccc4N(C(=O)OCc4ccccc4)[C@H]23)C1=O. The monoisotopic (exact) mass is 652 g/mol. The molecule has 4 heterocycles. The van der Waals surface area contributed by atoms with Gasteiger partial charge in [0.1, 0.15) is 25.1 Å². The Morgan fingerprint density at radius 2 is 1.27 bits per heavy atom. The van der Waals surface area contributed by atoms with Crippen LogP contribution in [-0.4, -0.2) is 57.5 Å². The molecule has 5 aromatic rings. The number of carbonyl (C=O) groups is 5. The van der Waals surface area contributed by atoms with Crippen LogP contribution in [0, 0.1) is 0 Å². The molecule has 0 unspecified atom stereocenters. The molecule has 0 bridgehead atoms. The number of nitrogens with zero attached hydrogens (tertiary/aromatic N) is 4. The lowest BCUT2D eigenvalue weighted by Crippen LogP contribution is -2.61. The minimum absolute atomic E-state index is 0.0361. The van der Waals surface area contributed by atoms with Crippen LogP contribution < -0.4 is 4.90 Å². The van der Waals surface area contributed by atoms with Crippen molar-refractivity contribution in [3.05, 3.63) is 149 Å². The van der Waals surface area contributed by atoms with Crippen molar-refractivity contribution in [3.8, 4) is 0 Å². The van der Waals surface area contributed by atoms with E-state index >= 15 is 0 Å². The van der Waals surface area contributed by atoms with Crippen LogP contribution in [0.25, 0.3) is 10.9 Å². The summed E-state index contributed by atoms with van der Waals surface area (Å²) in [4.78, 5) is 71.8. The maximum absolute atomic E-state index is 14.2. The number of anilines is 1. The smallest absolute Gasteiger partial charge is 0.418 e. The second-order valence-corrected chi connectivity index (χ2v) is 12.0. The molecule has 0 radical (unpaired) electrons. The van der Waals surface area contributed by atoms with Crippen LogP contribution in [0.2, 0.25) is 0 Å². The highest BCUT2D eigenvalue weighted by atomic mass is 16.6. The first-order valence-corrected chi connectivity index (χ1v) is 15.6. The molecular weight excluding hydrogens is 624 g/mol. The molecule has 8 rings (SSSR count). The van der Waals surface area contributed by atoms with Crippen LogP contribution in [-0.2, 0) is 42.5 Å². The second kappa shape index (κ2) is 11.3. The Balaban J connectivity index is 1.31. The first-order chi connectivity index (χ1) is 23.8. The third kappa shape index (κ3) is 4.46. The van der Waals surface area contributed by atoms with E-state index in [0.717, 1.165) is 20.9 Å². The molecule has 2 atom stereocenters. The van der Waals surface area contributed by atoms with Gasteiger partial charge < -0.3 is 9.47 Å². The number of benzene rings is 4. The van der Waals surface area contributed by atoms with Gasteiger partial charge in [0.25, 0.3) is 5.91 Å². The molecule has 242 valence electrons. The normalized spacial score (nSPS) is 19.4. The molecule has 49 heavy (non-hydrogen) atoms. The minimum Gasteiger partial charge on any atom is -0.444 e. The highest BCUT2D eigenvalue weighted by Gasteiger charge is 2.65. The van der Waals surface area contributed by atoms with Crippen molar-refractivity contribution >= 4 is 46.5 Å². The highest BCUT2D eigenvalue weighted by molar-refractivity contribution is 6.42. The number of aromatic nitrogens is 1. The summed E-state index contributed by atoms with van der Waals surface area (Å²) in [5, 5.41) is 0.620. The molecule has 0 N–H and O–H groups in total. The quantitative estimate of drug-likeness (QED) is 0.186. The van der Waals surface area contributed by atoms with Crippen LogP contribution in [0.1, 0.15) is 22.3 Å². The van der Waals surface area contributed by atoms with E-state index in [-0.39, 0.29) is 18.9 Å². The largest absolute Gasteiger partial charge is 0.444 e. The Labute approximate surface area is 280 Å². The number of imide groups is 1. The van der Waals surface area contributed by atoms with Crippen LogP contribution in [0.4, 0.5) is 15.3 Å². The number of rotatable bonds is 5. The fourth-order valence-corrected chi connectivity index (χ4v) is 7.09. The van der Waals surface area contributed by atoms with Gasteiger partial charge in [0.05, 0.1) is 16.6 Å². The van der Waals surface area contributed by atoms with Crippen LogP contribution in [0.15, 0.2) is 127 Å². The minimum atomic E-state index is -1.40. The molecular formula is C38H28N4O7. The lowest BCUT2D eigenvalue weighted by Gasteiger charge is -2.39. The molecule has 0 saturated carbocycles. The molecule has 11 nitrogen and oxygen atoms in total. The van der Waals surface area contributed by atoms with E-state index in [9.17, 15) is 24.0 Å². The standard InChI is InChI=1S/C38H28N4O7/c1-39-32(43)31-20-38(28-21-40(29-18-10-8-16-26(28)29)36(46)48-22-24-12-4-2-5-13-24)27-17-9-11-19-30(27)42(35(38)41(31)34(45)33(39)44)37(47)49-23-25-14-6-3-7-15-25/h2-21,35H,22-23H2,1H3/t35-,38+/m0/s1. The summed E-state index contributed by atoms with van der Waals surface area (Å²) in [5.74, 6) is -2.70. The molecule has 1 fully saturated rings. The first kappa shape index (κ1) is 29.9. The number of hydrogen-bond acceptors (Lipinski definition) is 7. The zero-order valence-corrected chi connectivity index (χ0v) is 26.2. The fraction of sp³-hybridized carbons (Fsp3) is 0.132. The summed E-state index contributed by atoms with van der Waals surface area (Å²) in [6.45, 7) is -0.0200. The zero-order valence-electron chi connectivity index (χ0n) is 26.2. The number of likely N-dealkylation sites (N-methyl/N-ethyl adjacent to an activating group) is 1. The van der Waals surface area contributed by atoms with E-state index in [2.05, 4.69) is 0 Å². The van der Waals surface area contributed by atoms with Gasteiger partial charge in [0.2, 0.25) is 0 Å². The molecule has 1 saturated heterocycles. The van der Waals surface area contributed by atoms with Crippen LogP contribution in [0.3, 0.4) is 0 Å². The number of ether oxygens (including phenoxy) is 2. The van der Waals surface area contributed by atoms with E-state index in [0.29, 0.717) is 27.7 Å². The summed E-state index contributed by atoms with van der Waals surface area (Å²) < 4.78 is 12.9. The van der Waals surface area contributed by atoms with Gasteiger partial charge in [-0.25, -0.2) is 9.59 Å². The van der Waals surface area contributed by atoms with Crippen LogP contribution in [0.5, 0.6) is 0 Å². The molecule has 3 aliphatic rings. The van der Waals surface area contributed by atoms with E-state index in [4.69, 9.17) is 9.47 Å². The second-order valence-electron chi connectivity index (χ2n) is 12.0. The van der Waals surface area contributed by atoms with Gasteiger partial charge >= 0.3 is 24.0 Å². The Morgan fingerprint density at radius 1 is 0.673 bits per heavy atom. The average molecular weight is 653 g/mol. The third-order valence-electron chi connectivity index (χ3n) is 9.32. The predicted molar refractivity (Wildman–Crippen MR) is 177 cm³/mol. The Bertz CT molecular complexity index is 2230. The topological polar surface area (TPSA) is 118 Å². The summed E-state index contributed by atoms with van der Waals surface area (Å²) in [6, 6.07) is 32.7. The summed E-state index contributed by atoms with van der Waals surface area (Å²) in [7, 11) is 1.25. The van der Waals surface area contributed by atoms with Gasteiger partial charge in [-0.05, 0) is 40.5 Å². The number of hydrogen-bond donors (Lipinski definition) is 0. The number of para-hydroxylation sites is 2. The Morgan fingerprint density at radius 3 is 1.96 bits per heavy atom. The third-order valence-corrected chi connectivity index (χ3v) is 9.32. The lowest BCUT2D eigenvalue weighted by atomic mass is 9.74. The highest BCUT2D eigenvalue weighted by Crippen LogP contribution is 2.58. The molecule has 3 aliphatic heterocycles. The van der Waals surface area contributed by atoms with Crippen molar-refractivity contribution in [3.63, 3.8) is 0 Å². The van der Waals surface area contributed by atoms with Crippen molar-refractivity contribution in [2.75, 3.05) is 11.9 Å². The maximum atomic E-state index is 14.2. The number of carbonyl (C=O) groups excluding carboxylic acids is 5. The Hall–Kier alpha value is -6.49. The van der Waals surface area contributed by atoms with Crippen molar-refractivity contribution < 1.29 is 33.4 Å². The van der Waals surface area contributed by atoms with Gasteiger partial charge in [-0.15, -0.1) is 0 Å². The molecule has 0 spiro atoms. The predicted octanol–water partition coefficient (Wildman–Crippen LogP) is 5.32. The zero-order chi connectivity index (χ0) is 33.9. The van der Waals surface area contributed by atoms with E-state index in [1.165, 1.54) is 16.5 Å². The van der Waals surface area contributed by atoms with Gasteiger partial charge in [0.15, 0.2) is 0 Å². The summed E-state index contributed by atoms with van der Waals surface area (Å²) in [5.41, 5.74) is 2.14. The van der Waals surface area contributed by atoms with Gasteiger partial charge in [-0.3, -0.25) is 33.7 Å². The van der Waals surface area contributed by atoms with Gasteiger partial charge in [-0.2, -0.15) is 0 Å². The number of piperazine rings is 1. The molecule has 4 amide bonds. The van der Waals surface area contributed by atoms with E-state index in [1.54, 1.807) is 42.6 Å². The van der Waals surface area contributed by atoms with Crippen molar-refractivity contribution in [2.24, 2.45) is 0 Å². The molecule has 4 aromatic carbocycles. The van der Waals surface area contributed by atoms with Gasteiger partial charge in [-0.1, -0.05) is 97.1 Å². The van der Waals surface area contributed by atoms with Crippen molar-refractivity contribution in [1.82, 2.24) is 14.4 Å². The maximum Gasteiger partial charge on any atom is 0.418 e. The molecule has 1 aromatic heterocycles. The first-order valence-electron chi connectivity index (χ1n) is 15.6. The van der Waals surface area contributed by atoms with Crippen molar-refractivity contribution in [2.45, 2.75) is 24.8 Å². The molecule has 0 aliphatic carbocycles. The number of fused-ring (bicyclic) bond motifs is 6. The van der Waals surface area contributed by atoms with Crippen LogP contribution >= 0.6 is 0 Å². The van der Waals surface area contributed by atoms with Crippen molar-refractivity contribution in [1.29, 1.82) is 0 Å². The van der Waals surface area contributed by atoms with E-state index < -0.39 is 41.5 Å². The van der Waals surface area contributed by atoms with Gasteiger partial charge in [0, 0.05) is 18.6 Å².